The van der Waals surface area contributed by atoms with Crippen molar-refractivity contribution >= 4 is 11.8 Å². The van der Waals surface area contributed by atoms with E-state index in [4.69, 9.17) is 0 Å². The summed E-state index contributed by atoms with van der Waals surface area (Å²) in [5.41, 5.74) is 1.01. The maximum atomic E-state index is 12.3. The van der Waals surface area contributed by atoms with Crippen molar-refractivity contribution in [3.63, 3.8) is 0 Å². The first-order valence-electron chi connectivity index (χ1n) is 6.45. The Labute approximate surface area is 111 Å². The number of fused-ring (bicyclic) bond motifs is 1. The molecule has 2 aliphatic rings. The van der Waals surface area contributed by atoms with Crippen molar-refractivity contribution < 1.29 is 14.7 Å². The Morgan fingerprint density at radius 3 is 2.68 bits per heavy atom. The number of carbonyl (C=O) groups excluding carboxylic acids is 2. The van der Waals surface area contributed by atoms with Crippen LogP contribution < -0.4 is 0 Å². The van der Waals surface area contributed by atoms with Crippen molar-refractivity contribution in [3.05, 3.63) is 35.9 Å². The first-order valence-corrected chi connectivity index (χ1v) is 6.45. The monoisotopic (exact) mass is 260 g/mol. The van der Waals surface area contributed by atoms with E-state index in [-0.39, 0.29) is 24.9 Å². The van der Waals surface area contributed by atoms with Crippen molar-refractivity contribution in [1.29, 1.82) is 0 Å². The minimum atomic E-state index is -0.574. The van der Waals surface area contributed by atoms with Crippen LogP contribution >= 0.6 is 0 Å². The first-order chi connectivity index (χ1) is 9.15. The van der Waals surface area contributed by atoms with Crippen molar-refractivity contribution in [1.82, 2.24) is 9.80 Å². The van der Waals surface area contributed by atoms with Gasteiger partial charge in [0.05, 0.1) is 6.10 Å². The van der Waals surface area contributed by atoms with Gasteiger partial charge in [0, 0.05) is 19.5 Å². The Bertz CT molecular complexity index is 503. The van der Waals surface area contributed by atoms with E-state index in [0.29, 0.717) is 13.0 Å². The smallest absolute Gasteiger partial charge is 0.246 e. The van der Waals surface area contributed by atoms with E-state index in [1.807, 2.05) is 30.3 Å². The highest BCUT2D eigenvalue weighted by atomic mass is 16.3. The molecule has 5 nitrogen and oxygen atoms in total. The lowest BCUT2D eigenvalue weighted by molar-refractivity contribution is -0.154. The minimum Gasteiger partial charge on any atom is -0.391 e. The molecule has 0 aromatic heterocycles. The fourth-order valence-electron chi connectivity index (χ4n) is 2.80. The molecule has 0 spiro atoms. The summed E-state index contributed by atoms with van der Waals surface area (Å²) in [4.78, 5) is 27.4. The van der Waals surface area contributed by atoms with Crippen LogP contribution in [-0.4, -0.2) is 52.0 Å². The molecule has 5 heteroatoms. The summed E-state index contributed by atoms with van der Waals surface area (Å²) in [6.07, 6.45) is -0.217. The summed E-state index contributed by atoms with van der Waals surface area (Å²) in [6.45, 7) is 0.844. The molecule has 1 N–H and O–H groups in total. The number of piperazine rings is 1. The van der Waals surface area contributed by atoms with Crippen molar-refractivity contribution in [2.24, 2.45) is 0 Å². The van der Waals surface area contributed by atoms with Crippen LogP contribution in [0.25, 0.3) is 0 Å². The van der Waals surface area contributed by atoms with E-state index in [1.54, 1.807) is 4.90 Å². The molecular formula is C14H16N2O3. The van der Waals surface area contributed by atoms with Gasteiger partial charge in [0.2, 0.25) is 11.8 Å². The first kappa shape index (κ1) is 12.2. The summed E-state index contributed by atoms with van der Waals surface area (Å²) >= 11 is 0. The molecule has 3 rings (SSSR count). The number of carbonyl (C=O) groups is 2. The largest absolute Gasteiger partial charge is 0.391 e. The van der Waals surface area contributed by atoms with E-state index in [1.165, 1.54) is 4.90 Å². The molecule has 2 heterocycles. The molecule has 0 bridgehead atoms. The fourth-order valence-corrected chi connectivity index (χ4v) is 2.80. The van der Waals surface area contributed by atoms with Gasteiger partial charge in [-0.15, -0.1) is 0 Å². The lowest BCUT2D eigenvalue weighted by atomic mass is 10.1. The lowest BCUT2D eigenvalue weighted by Crippen LogP contribution is -2.56. The maximum Gasteiger partial charge on any atom is 0.246 e. The molecule has 2 aliphatic heterocycles. The van der Waals surface area contributed by atoms with Gasteiger partial charge in [0.25, 0.3) is 0 Å². The van der Waals surface area contributed by atoms with Gasteiger partial charge in [-0.3, -0.25) is 9.59 Å². The van der Waals surface area contributed by atoms with Crippen LogP contribution in [0.15, 0.2) is 30.3 Å². The summed E-state index contributed by atoms with van der Waals surface area (Å²) < 4.78 is 0. The van der Waals surface area contributed by atoms with Gasteiger partial charge >= 0.3 is 0 Å². The highest BCUT2D eigenvalue weighted by Crippen LogP contribution is 2.25. The summed E-state index contributed by atoms with van der Waals surface area (Å²) in [5.74, 6) is -0.128. The zero-order valence-electron chi connectivity index (χ0n) is 10.5. The van der Waals surface area contributed by atoms with Gasteiger partial charge in [-0.2, -0.15) is 0 Å². The minimum absolute atomic E-state index is 0.0556. The molecule has 1 aromatic carbocycles. The molecule has 2 saturated heterocycles. The van der Waals surface area contributed by atoms with Crippen LogP contribution in [0, 0.1) is 0 Å². The van der Waals surface area contributed by atoms with Gasteiger partial charge in [-0.1, -0.05) is 30.3 Å². The van der Waals surface area contributed by atoms with E-state index in [9.17, 15) is 14.7 Å². The molecular weight excluding hydrogens is 244 g/mol. The van der Waals surface area contributed by atoms with Crippen LogP contribution in [0.5, 0.6) is 0 Å². The Morgan fingerprint density at radius 2 is 1.95 bits per heavy atom. The van der Waals surface area contributed by atoms with E-state index >= 15 is 0 Å². The predicted octanol–water partition coefficient (Wildman–Crippen LogP) is -0.00940. The Morgan fingerprint density at radius 1 is 1.21 bits per heavy atom. The molecule has 1 aromatic rings. The zero-order chi connectivity index (χ0) is 13.4. The number of hydrogen-bond donors (Lipinski definition) is 1. The molecule has 2 atom stereocenters. The Hall–Kier alpha value is -1.88. The van der Waals surface area contributed by atoms with E-state index < -0.39 is 12.1 Å². The number of amides is 2. The number of benzene rings is 1. The average Bonchev–Trinajstić information content (AvgIpc) is 2.80. The predicted molar refractivity (Wildman–Crippen MR) is 68.0 cm³/mol. The second kappa shape index (κ2) is 4.66. The van der Waals surface area contributed by atoms with Crippen LogP contribution in [0.4, 0.5) is 0 Å². The van der Waals surface area contributed by atoms with Crippen molar-refractivity contribution in [2.45, 2.75) is 25.1 Å². The zero-order valence-corrected chi connectivity index (χ0v) is 10.5. The second-order valence-corrected chi connectivity index (χ2v) is 5.13. The molecule has 19 heavy (non-hydrogen) atoms. The molecule has 0 aliphatic carbocycles. The van der Waals surface area contributed by atoms with Crippen LogP contribution in [0.2, 0.25) is 0 Å². The normalized spacial score (nSPS) is 26.8. The topological polar surface area (TPSA) is 60.9 Å². The van der Waals surface area contributed by atoms with Crippen molar-refractivity contribution in [3.8, 4) is 0 Å². The van der Waals surface area contributed by atoms with Crippen LogP contribution in [-0.2, 0) is 16.1 Å². The number of rotatable bonds is 2. The van der Waals surface area contributed by atoms with Gasteiger partial charge in [-0.25, -0.2) is 0 Å². The number of aliphatic hydroxyl groups is 1. The van der Waals surface area contributed by atoms with Crippen molar-refractivity contribution in [2.75, 3.05) is 13.1 Å². The second-order valence-electron chi connectivity index (χ2n) is 5.13. The average molecular weight is 260 g/mol. The van der Waals surface area contributed by atoms with Gasteiger partial charge < -0.3 is 14.9 Å². The molecule has 0 unspecified atom stereocenters. The quantitative estimate of drug-likeness (QED) is 0.813. The third kappa shape index (κ3) is 2.21. The number of nitrogens with zero attached hydrogens (tertiary/aromatic N) is 2. The lowest BCUT2D eigenvalue weighted by Gasteiger charge is -2.36. The molecule has 0 radical (unpaired) electrons. The van der Waals surface area contributed by atoms with Gasteiger partial charge in [0.1, 0.15) is 12.6 Å². The fraction of sp³-hybridized carbons (Fsp3) is 0.429. The highest BCUT2D eigenvalue weighted by Gasteiger charge is 2.44. The summed E-state index contributed by atoms with van der Waals surface area (Å²) in [6, 6.07) is 9.15. The molecule has 2 amide bonds. The number of hydrogen-bond acceptors (Lipinski definition) is 3. The van der Waals surface area contributed by atoms with E-state index in [0.717, 1.165) is 5.56 Å². The van der Waals surface area contributed by atoms with Crippen LogP contribution in [0.3, 0.4) is 0 Å². The third-order valence-corrected chi connectivity index (χ3v) is 3.74. The molecule has 100 valence electrons. The highest BCUT2D eigenvalue weighted by molar-refractivity contribution is 5.95. The molecule has 2 fully saturated rings. The van der Waals surface area contributed by atoms with Crippen LogP contribution in [0.1, 0.15) is 12.0 Å². The Balaban J connectivity index is 1.77. The summed E-state index contributed by atoms with van der Waals surface area (Å²) in [5, 5.41) is 9.61. The van der Waals surface area contributed by atoms with Gasteiger partial charge in [-0.05, 0) is 5.56 Å². The maximum absolute atomic E-state index is 12.3. The third-order valence-electron chi connectivity index (χ3n) is 3.74. The van der Waals surface area contributed by atoms with E-state index in [2.05, 4.69) is 0 Å². The SMILES string of the molecule is O=C1[C@H]2C[C@@H](O)CN2C(=O)CN1Cc1ccccc1. The van der Waals surface area contributed by atoms with Gasteiger partial charge in [0.15, 0.2) is 0 Å². The Kier molecular flexibility index (Phi) is 2.98. The standard InChI is InChI=1S/C14H16N2O3/c17-11-6-12-14(19)15(9-13(18)16(12)8-11)7-10-4-2-1-3-5-10/h1-5,11-12,17H,6-9H2/t11-,12-/m1/s1. The molecule has 0 saturated carbocycles. The number of aliphatic hydroxyl groups excluding tert-OH is 1. The summed E-state index contributed by atoms with van der Waals surface area (Å²) in [7, 11) is 0.